The third-order valence-corrected chi connectivity index (χ3v) is 6.45. The normalized spacial score (nSPS) is 13.8. The van der Waals surface area contributed by atoms with Gasteiger partial charge < -0.3 is 0 Å². The van der Waals surface area contributed by atoms with Crippen LogP contribution in [0, 0.1) is 0 Å². The average Bonchev–Trinajstić information content (AvgIpc) is 2.56. The topological polar surface area (TPSA) is 0 Å². The molecule has 2 aromatic carbocycles. The molecule has 0 saturated carbocycles. The van der Waals surface area contributed by atoms with E-state index in [-0.39, 0.29) is 24.3 Å². The van der Waals surface area contributed by atoms with Crippen molar-refractivity contribution in [3.05, 3.63) is 58.7 Å². The predicted octanol–water partition coefficient (Wildman–Crippen LogP) is 7.35. The largest absolute Gasteiger partial charge is 0.417 e. The summed E-state index contributed by atoms with van der Waals surface area (Å²) in [5.41, 5.74) is -8.32. The van der Waals surface area contributed by atoms with Gasteiger partial charge in [-0.2, -0.15) is 52.7 Å². The summed E-state index contributed by atoms with van der Waals surface area (Å²) in [6, 6.07) is 1.07. The van der Waals surface area contributed by atoms with Crippen LogP contribution in [0.2, 0.25) is 0 Å². The molecule has 2 rings (SSSR count). The minimum absolute atomic E-state index is 0.103. The molecule has 0 N–H and O–H groups in total. The number of hydrogen-bond donors (Lipinski definition) is 0. The quantitative estimate of drug-likeness (QED) is 0.304. The van der Waals surface area contributed by atoms with Gasteiger partial charge in [-0.05, 0) is 24.3 Å². The van der Waals surface area contributed by atoms with Crippen molar-refractivity contribution < 1.29 is 52.7 Å². The molecule has 0 spiro atoms. The summed E-state index contributed by atoms with van der Waals surface area (Å²) in [5.74, 6) is 0. The Morgan fingerprint density at radius 1 is 0.467 bits per heavy atom. The minimum Gasteiger partial charge on any atom is -0.166 e. The average molecular weight is 493 g/mol. The van der Waals surface area contributed by atoms with Crippen molar-refractivity contribution in [3.8, 4) is 0 Å². The number of halogens is 13. The fourth-order valence-corrected chi connectivity index (χ4v) is 5.50. The highest BCUT2D eigenvalue weighted by Gasteiger charge is 2.47. The van der Waals surface area contributed by atoms with E-state index in [1.807, 2.05) is 0 Å². The predicted molar refractivity (Wildman–Crippen MR) is 84.9 cm³/mol. The molecule has 0 aliphatic rings. The van der Waals surface area contributed by atoms with Crippen LogP contribution in [0.15, 0.2) is 36.4 Å². The summed E-state index contributed by atoms with van der Waals surface area (Å²) in [4.78, 5) is 0. The summed E-state index contributed by atoms with van der Waals surface area (Å²) in [6.45, 7) is 0. The number of hydrogen-bond acceptors (Lipinski definition) is 0. The molecule has 14 heteroatoms. The van der Waals surface area contributed by atoms with E-state index in [1.165, 1.54) is 0 Å². The summed E-state index contributed by atoms with van der Waals surface area (Å²) in [5, 5.41) is -3.78. The first-order chi connectivity index (χ1) is 13.4. The zero-order valence-electron chi connectivity index (χ0n) is 13.8. The third kappa shape index (κ3) is 4.96. The van der Waals surface area contributed by atoms with Crippen LogP contribution in [0.1, 0.15) is 22.3 Å². The van der Waals surface area contributed by atoms with E-state index in [9.17, 15) is 52.7 Å². The van der Waals surface area contributed by atoms with Crippen molar-refractivity contribution in [2.45, 2.75) is 24.7 Å². The lowest BCUT2D eigenvalue weighted by Gasteiger charge is -2.26. The molecule has 0 bridgehead atoms. The molecule has 0 aliphatic carbocycles. The van der Waals surface area contributed by atoms with E-state index < -0.39 is 64.8 Å². The molecule has 30 heavy (non-hydrogen) atoms. The molecular formula is C16H6ClF12P. The van der Waals surface area contributed by atoms with Crippen LogP contribution in [0.25, 0.3) is 0 Å². The van der Waals surface area contributed by atoms with Crippen molar-refractivity contribution in [3.63, 3.8) is 0 Å². The molecule has 0 radical (unpaired) electrons. The highest BCUT2D eigenvalue weighted by atomic mass is 35.7. The summed E-state index contributed by atoms with van der Waals surface area (Å²) in [7, 11) is -3.92. The minimum atomic E-state index is -5.53. The standard InChI is InChI=1S/C16H6ClF12P/c17-30(11-7(13(18,19)20)3-1-4-8(11)14(21,22)23)12-9(15(24,25)26)5-2-6-10(12)16(27,28)29/h1-6H. The van der Waals surface area contributed by atoms with E-state index in [0.717, 1.165) is 0 Å². The monoisotopic (exact) mass is 492 g/mol. The summed E-state index contributed by atoms with van der Waals surface area (Å²) in [6.07, 6.45) is -22.1. The smallest absolute Gasteiger partial charge is 0.166 e. The summed E-state index contributed by atoms with van der Waals surface area (Å²) < 4.78 is 160. The molecule has 0 unspecified atom stereocenters. The second-order valence-corrected chi connectivity index (χ2v) is 8.15. The number of alkyl halides is 12. The van der Waals surface area contributed by atoms with Gasteiger partial charge in [0, 0.05) is 10.6 Å². The Bertz CT molecular complexity index is 784. The molecular weight excluding hydrogens is 487 g/mol. The Morgan fingerprint density at radius 2 is 0.667 bits per heavy atom. The molecule has 2 aromatic rings. The Balaban J connectivity index is 3.00. The van der Waals surface area contributed by atoms with Crippen LogP contribution in [0.4, 0.5) is 52.7 Å². The Labute approximate surface area is 166 Å². The lowest BCUT2D eigenvalue weighted by atomic mass is 10.1. The van der Waals surface area contributed by atoms with E-state index in [4.69, 9.17) is 11.2 Å². The van der Waals surface area contributed by atoms with E-state index in [2.05, 4.69) is 0 Å². The molecule has 0 amide bonds. The second-order valence-electron chi connectivity index (χ2n) is 5.68. The van der Waals surface area contributed by atoms with Gasteiger partial charge in [-0.1, -0.05) is 23.4 Å². The van der Waals surface area contributed by atoms with Crippen LogP contribution < -0.4 is 10.6 Å². The van der Waals surface area contributed by atoms with Crippen LogP contribution in [-0.2, 0) is 24.7 Å². The van der Waals surface area contributed by atoms with Gasteiger partial charge in [0.15, 0.2) is 0 Å². The molecule has 0 aliphatic heterocycles. The first-order valence-electron chi connectivity index (χ1n) is 7.37. The second kappa shape index (κ2) is 7.78. The third-order valence-electron chi connectivity index (χ3n) is 3.69. The van der Waals surface area contributed by atoms with Crippen LogP contribution in [-0.4, -0.2) is 0 Å². The highest BCUT2D eigenvalue weighted by Crippen LogP contribution is 2.52. The Hall–Kier alpha value is -1.68. The number of benzene rings is 2. The molecule has 0 atom stereocenters. The van der Waals surface area contributed by atoms with Crippen molar-refractivity contribution in [2.75, 3.05) is 0 Å². The van der Waals surface area contributed by atoms with Gasteiger partial charge in [-0.25, -0.2) is 0 Å². The maximum Gasteiger partial charge on any atom is 0.417 e. The van der Waals surface area contributed by atoms with E-state index in [0.29, 0.717) is 12.1 Å². The van der Waals surface area contributed by atoms with Gasteiger partial charge >= 0.3 is 24.7 Å². The molecule has 0 saturated heterocycles. The highest BCUT2D eigenvalue weighted by molar-refractivity contribution is 7.96. The lowest BCUT2D eigenvalue weighted by Crippen LogP contribution is -2.32. The molecule has 0 nitrogen and oxygen atoms in total. The van der Waals surface area contributed by atoms with E-state index >= 15 is 0 Å². The van der Waals surface area contributed by atoms with E-state index in [1.54, 1.807) is 0 Å². The molecule has 0 heterocycles. The summed E-state index contributed by atoms with van der Waals surface area (Å²) >= 11 is 5.64. The van der Waals surface area contributed by atoms with Crippen molar-refractivity contribution >= 4 is 29.1 Å². The van der Waals surface area contributed by atoms with Gasteiger partial charge in [0.25, 0.3) is 0 Å². The molecule has 0 aromatic heterocycles. The first-order valence-corrected chi connectivity index (χ1v) is 9.62. The lowest BCUT2D eigenvalue weighted by molar-refractivity contribution is -0.142. The van der Waals surface area contributed by atoms with Gasteiger partial charge in [0.05, 0.1) is 29.5 Å². The Morgan fingerprint density at radius 3 is 0.833 bits per heavy atom. The van der Waals surface area contributed by atoms with Gasteiger partial charge in [0.1, 0.15) is 0 Å². The van der Waals surface area contributed by atoms with Gasteiger partial charge in [-0.15, -0.1) is 0 Å². The first kappa shape index (κ1) is 24.6. The van der Waals surface area contributed by atoms with Crippen LogP contribution >= 0.6 is 18.5 Å². The fraction of sp³-hybridized carbons (Fsp3) is 0.250. The van der Waals surface area contributed by atoms with Crippen LogP contribution in [0.3, 0.4) is 0 Å². The maximum absolute atomic E-state index is 13.3. The molecule has 166 valence electrons. The zero-order valence-corrected chi connectivity index (χ0v) is 15.5. The number of rotatable bonds is 2. The van der Waals surface area contributed by atoms with Crippen molar-refractivity contribution in [2.24, 2.45) is 0 Å². The Kier molecular flexibility index (Phi) is 6.38. The zero-order chi connectivity index (χ0) is 23.3. The van der Waals surface area contributed by atoms with Crippen LogP contribution in [0.5, 0.6) is 0 Å². The maximum atomic E-state index is 13.3. The SMILES string of the molecule is FC(F)(F)c1cccc(C(F)(F)F)c1P(Cl)c1c(C(F)(F)F)cccc1C(F)(F)F. The van der Waals surface area contributed by atoms with Gasteiger partial charge in [0.2, 0.25) is 0 Å². The fourth-order valence-electron chi connectivity index (χ4n) is 2.54. The molecule has 0 fully saturated rings. The van der Waals surface area contributed by atoms with Crippen molar-refractivity contribution in [1.82, 2.24) is 0 Å². The van der Waals surface area contributed by atoms with Gasteiger partial charge in [-0.3, -0.25) is 0 Å². The van der Waals surface area contributed by atoms with Crippen molar-refractivity contribution in [1.29, 1.82) is 0 Å².